The van der Waals surface area contributed by atoms with E-state index in [1.807, 2.05) is 66.9 Å². The number of carbonyl (C=O) groups is 1. The number of amides is 1. The number of hydrogen-bond donors (Lipinski definition) is 1. The second-order valence-corrected chi connectivity index (χ2v) is 8.68. The van der Waals surface area contributed by atoms with Gasteiger partial charge in [-0.25, -0.2) is 4.98 Å². The average Bonchev–Trinajstić information content (AvgIpc) is 3.45. The topological polar surface area (TPSA) is 73.0 Å². The van der Waals surface area contributed by atoms with Gasteiger partial charge in [-0.15, -0.1) is 11.3 Å². The predicted molar refractivity (Wildman–Crippen MR) is 126 cm³/mol. The van der Waals surface area contributed by atoms with E-state index in [-0.39, 0.29) is 5.91 Å². The lowest BCUT2D eigenvalue weighted by Gasteiger charge is -2.07. The van der Waals surface area contributed by atoms with Crippen LogP contribution in [0.15, 0.2) is 70.5 Å². The first-order valence-electron chi connectivity index (χ1n) is 9.16. The Morgan fingerprint density at radius 3 is 2.77 bits per heavy atom. The quantitative estimate of drug-likeness (QED) is 0.296. The van der Waals surface area contributed by atoms with Gasteiger partial charge in [0.1, 0.15) is 17.1 Å². The molecule has 0 saturated carbocycles. The van der Waals surface area contributed by atoms with Gasteiger partial charge in [0.15, 0.2) is 5.76 Å². The number of aromatic nitrogens is 3. The number of anilines is 1. The highest BCUT2D eigenvalue weighted by Gasteiger charge is 2.17. The van der Waals surface area contributed by atoms with Crippen LogP contribution in [0.5, 0.6) is 0 Å². The number of fused-ring (bicyclic) bond motifs is 1. The van der Waals surface area contributed by atoms with E-state index in [4.69, 9.17) is 9.40 Å². The second-order valence-electron chi connectivity index (χ2n) is 6.68. The number of thiazole rings is 1. The lowest BCUT2D eigenvalue weighted by Crippen LogP contribution is -2.16. The molecule has 5 aromatic rings. The molecule has 8 heteroatoms. The zero-order chi connectivity index (χ0) is 20.7. The standard InChI is InChI=1S/C22H15IN4O2S/c1-13-10-20(25-21(28)15-7-3-4-8-16(15)23)27(26-13)22-24-17(12-30-22)19-11-14-6-2-5-9-18(14)29-19/h2-12H,1H3,(H,25,28). The Balaban J connectivity index is 1.47. The van der Waals surface area contributed by atoms with Crippen molar-refractivity contribution in [2.24, 2.45) is 0 Å². The molecule has 3 aromatic heterocycles. The number of nitrogens with zero attached hydrogens (tertiary/aromatic N) is 3. The van der Waals surface area contributed by atoms with Crippen molar-refractivity contribution >= 4 is 56.6 Å². The van der Waals surface area contributed by atoms with E-state index in [1.54, 1.807) is 10.7 Å². The van der Waals surface area contributed by atoms with Gasteiger partial charge in [0.2, 0.25) is 5.13 Å². The third-order valence-electron chi connectivity index (χ3n) is 4.54. The molecule has 0 atom stereocenters. The van der Waals surface area contributed by atoms with E-state index in [9.17, 15) is 4.79 Å². The summed E-state index contributed by atoms with van der Waals surface area (Å²) >= 11 is 3.59. The van der Waals surface area contributed by atoms with Gasteiger partial charge in [-0.3, -0.25) is 4.79 Å². The fraction of sp³-hybridized carbons (Fsp3) is 0.0455. The van der Waals surface area contributed by atoms with Crippen LogP contribution in [-0.4, -0.2) is 20.7 Å². The van der Waals surface area contributed by atoms with Crippen LogP contribution in [0.1, 0.15) is 16.1 Å². The number of furan rings is 1. The Bertz CT molecular complexity index is 1350. The van der Waals surface area contributed by atoms with E-state index < -0.39 is 0 Å². The molecule has 0 aliphatic rings. The van der Waals surface area contributed by atoms with Gasteiger partial charge >= 0.3 is 0 Å². The van der Waals surface area contributed by atoms with Crippen LogP contribution in [0.25, 0.3) is 27.6 Å². The first-order chi connectivity index (χ1) is 14.6. The third-order valence-corrected chi connectivity index (χ3v) is 6.30. The minimum Gasteiger partial charge on any atom is -0.454 e. The van der Waals surface area contributed by atoms with Crippen LogP contribution in [-0.2, 0) is 0 Å². The summed E-state index contributed by atoms with van der Waals surface area (Å²) in [5.74, 6) is 1.09. The maximum atomic E-state index is 12.8. The Morgan fingerprint density at radius 2 is 1.93 bits per heavy atom. The van der Waals surface area contributed by atoms with Crippen molar-refractivity contribution in [3.8, 4) is 16.6 Å². The van der Waals surface area contributed by atoms with E-state index in [1.165, 1.54) is 11.3 Å². The first kappa shape index (κ1) is 19.0. The van der Waals surface area contributed by atoms with Crippen molar-refractivity contribution in [3.63, 3.8) is 0 Å². The molecule has 0 spiro atoms. The summed E-state index contributed by atoms with van der Waals surface area (Å²) in [6, 6.07) is 19.1. The van der Waals surface area contributed by atoms with Crippen LogP contribution < -0.4 is 5.32 Å². The number of nitrogens with one attached hydrogen (secondary N) is 1. The number of aryl methyl sites for hydroxylation is 1. The fourth-order valence-electron chi connectivity index (χ4n) is 3.15. The second kappa shape index (κ2) is 7.69. The summed E-state index contributed by atoms with van der Waals surface area (Å²) in [6.45, 7) is 1.88. The molecule has 0 fully saturated rings. The molecular weight excluding hydrogens is 511 g/mol. The molecule has 0 radical (unpaired) electrons. The highest BCUT2D eigenvalue weighted by atomic mass is 127. The number of halogens is 1. The summed E-state index contributed by atoms with van der Waals surface area (Å²) in [7, 11) is 0. The van der Waals surface area contributed by atoms with E-state index in [2.05, 4.69) is 33.0 Å². The minimum absolute atomic E-state index is 0.185. The van der Waals surface area contributed by atoms with Crippen LogP contribution >= 0.6 is 33.9 Å². The van der Waals surface area contributed by atoms with Crippen molar-refractivity contribution in [3.05, 3.63) is 80.9 Å². The molecule has 0 unspecified atom stereocenters. The van der Waals surface area contributed by atoms with E-state index >= 15 is 0 Å². The van der Waals surface area contributed by atoms with Gasteiger partial charge in [-0.05, 0) is 53.8 Å². The zero-order valence-corrected chi connectivity index (χ0v) is 18.8. The Morgan fingerprint density at radius 1 is 1.13 bits per heavy atom. The summed E-state index contributed by atoms with van der Waals surface area (Å²) in [5.41, 5.74) is 2.95. The summed E-state index contributed by atoms with van der Waals surface area (Å²) in [5, 5.41) is 11.1. The van der Waals surface area contributed by atoms with Crippen molar-refractivity contribution in [2.45, 2.75) is 6.92 Å². The van der Waals surface area contributed by atoms with Crippen molar-refractivity contribution < 1.29 is 9.21 Å². The number of para-hydroxylation sites is 1. The predicted octanol–water partition coefficient (Wildman–Crippen LogP) is 5.91. The molecule has 1 amide bonds. The highest BCUT2D eigenvalue weighted by Crippen LogP contribution is 2.30. The first-order valence-corrected chi connectivity index (χ1v) is 11.1. The molecular formula is C22H15IN4O2S. The number of hydrogen-bond acceptors (Lipinski definition) is 5. The molecule has 6 nitrogen and oxygen atoms in total. The van der Waals surface area contributed by atoms with Crippen molar-refractivity contribution in [2.75, 3.05) is 5.32 Å². The summed E-state index contributed by atoms with van der Waals surface area (Å²) in [4.78, 5) is 17.5. The Hall–Kier alpha value is -2.98. The Labute approximate surface area is 189 Å². The number of benzene rings is 2. The van der Waals surface area contributed by atoms with Crippen LogP contribution in [0.4, 0.5) is 5.82 Å². The minimum atomic E-state index is -0.185. The third kappa shape index (κ3) is 3.52. The van der Waals surface area contributed by atoms with Gasteiger partial charge in [0.05, 0.1) is 11.3 Å². The van der Waals surface area contributed by atoms with Crippen LogP contribution in [0.2, 0.25) is 0 Å². The van der Waals surface area contributed by atoms with E-state index in [0.29, 0.717) is 22.3 Å². The lowest BCUT2D eigenvalue weighted by molar-refractivity contribution is 0.102. The number of carbonyl (C=O) groups excluding carboxylic acids is 1. The van der Waals surface area contributed by atoms with Gasteiger partial charge in [-0.1, -0.05) is 30.3 Å². The molecule has 0 aliphatic carbocycles. The highest BCUT2D eigenvalue weighted by molar-refractivity contribution is 14.1. The maximum absolute atomic E-state index is 12.8. The van der Waals surface area contributed by atoms with Gasteiger partial charge in [-0.2, -0.15) is 9.78 Å². The van der Waals surface area contributed by atoms with Crippen LogP contribution in [0, 0.1) is 10.5 Å². The van der Waals surface area contributed by atoms with Gasteiger partial charge in [0.25, 0.3) is 5.91 Å². The largest absolute Gasteiger partial charge is 0.454 e. The molecule has 0 bridgehead atoms. The SMILES string of the molecule is Cc1cc(NC(=O)c2ccccc2I)n(-c2nc(-c3cc4ccccc4o3)cs2)n1. The lowest BCUT2D eigenvalue weighted by atomic mass is 10.2. The molecule has 30 heavy (non-hydrogen) atoms. The van der Waals surface area contributed by atoms with Gasteiger partial charge in [0, 0.05) is 20.4 Å². The normalized spacial score (nSPS) is 11.1. The zero-order valence-electron chi connectivity index (χ0n) is 15.8. The smallest absolute Gasteiger partial charge is 0.257 e. The monoisotopic (exact) mass is 526 g/mol. The molecule has 1 N–H and O–H groups in total. The van der Waals surface area contributed by atoms with E-state index in [0.717, 1.165) is 25.9 Å². The average molecular weight is 526 g/mol. The van der Waals surface area contributed by atoms with Gasteiger partial charge < -0.3 is 9.73 Å². The molecule has 3 heterocycles. The molecule has 0 aliphatic heterocycles. The molecule has 0 saturated heterocycles. The fourth-order valence-corrected chi connectivity index (χ4v) is 4.55. The van der Waals surface area contributed by atoms with Crippen LogP contribution in [0.3, 0.4) is 0 Å². The molecule has 5 rings (SSSR count). The number of rotatable bonds is 4. The summed E-state index contributed by atoms with van der Waals surface area (Å²) in [6.07, 6.45) is 0. The molecule has 148 valence electrons. The van der Waals surface area contributed by atoms with Crippen molar-refractivity contribution in [1.29, 1.82) is 0 Å². The molecule has 2 aromatic carbocycles. The Kier molecular flexibility index (Phi) is 4.87. The van der Waals surface area contributed by atoms with Crippen molar-refractivity contribution in [1.82, 2.24) is 14.8 Å². The summed E-state index contributed by atoms with van der Waals surface area (Å²) < 4.78 is 8.46. The maximum Gasteiger partial charge on any atom is 0.257 e.